The second-order valence-corrected chi connectivity index (χ2v) is 5.17. The standard InChI is InChI=1S/C10H20ClNO/c1-8(11)6-5-7-12-9(13)10(2,3)4/h8H,5-7H2,1-4H3,(H,12,13). The van der Waals surface area contributed by atoms with E-state index in [9.17, 15) is 4.79 Å². The monoisotopic (exact) mass is 205 g/mol. The van der Waals surface area contributed by atoms with Gasteiger partial charge in [0.25, 0.3) is 0 Å². The molecular weight excluding hydrogens is 186 g/mol. The van der Waals surface area contributed by atoms with Crippen LogP contribution in [0.25, 0.3) is 0 Å². The van der Waals surface area contributed by atoms with E-state index in [0.717, 1.165) is 19.4 Å². The van der Waals surface area contributed by atoms with Gasteiger partial charge in [-0.05, 0) is 19.8 Å². The first kappa shape index (κ1) is 12.8. The third-order valence-electron chi connectivity index (χ3n) is 1.75. The average molecular weight is 206 g/mol. The summed E-state index contributed by atoms with van der Waals surface area (Å²) >= 11 is 5.77. The zero-order chi connectivity index (χ0) is 10.5. The molecule has 78 valence electrons. The van der Waals surface area contributed by atoms with Crippen LogP contribution >= 0.6 is 11.6 Å². The summed E-state index contributed by atoms with van der Waals surface area (Å²) in [7, 11) is 0. The molecule has 13 heavy (non-hydrogen) atoms. The number of alkyl halides is 1. The van der Waals surface area contributed by atoms with E-state index in [1.807, 2.05) is 27.7 Å². The van der Waals surface area contributed by atoms with Crippen molar-refractivity contribution in [2.45, 2.75) is 45.9 Å². The molecule has 0 heterocycles. The number of carbonyl (C=O) groups excluding carboxylic acids is 1. The van der Waals surface area contributed by atoms with E-state index in [1.54, 1.807) is 0 Å². The molecule has 0 aromatic rings. The predicted octanol–water partition coefficient (Wildman–Crippen LogP) is 2.56. The molecule has 0 saturated carbocycles. The van der Waals surface area contributed by atoms with Crippen LogP contribution in [-0.2, 0) is 4.79 Å². The summed E-state index contributed by atoms with van der Waals surface area (Å²) in [5.74, 6) is 0.106. The largest absolute Gasteiger partial charge is 0.356 e. The number of nitrogens with one attached hydrogen (secondary N) is 1. The third-order valence-corrected chi connectivity index (χ3v) is 1.96. The topological polar surface area (TPSA) is 29.1 Å². The minimum Gasteiger partial charge on any atom is -0.356 e. The van der Waals surface area contributed by atoms with E-state index in [-0.39, 0.29) is 16.7 Å². The molecule has 0 bridgehead atoms. The SMILES string of the molecule is CC(Cl)CCCNC(=O)C(C)(C)C. The lowest BCUT2D eigenvalue weighted by atomic mass is 9.96. The molecule has 0 aromatic heterocycles. The van der Waals surface area contributed by atoms with Crippen LogP contribution < -0.4 is 5.32 Å². The Labute approximate surface area is 86.0 Å². The van der Waals surface area contributed by atoms with Crippen molar-refractivity contribution in [3.05, 3.63) is 0 Å². The Hall–Kier alpha value is -0.240. The molecule has 1 unspecified atom stereocenters. The Morgan fingerprint density at radius 3 is 2.38 bits per heavy atom. The molecule has 3 heteroatoms. The highest BCUT2D eigenvalue weighted by Crippen LogP contribution is 2.12. The van der Waals surface area contributed by atoms with Crippen LogP contribution in [0.4, 0.5) is 0 Å². The molecular formula is C10H20ClNO. The molecule has 0 aliphatic heterocycles. The smallest absolute Gasteiger partial charge is 0.225 e. The summed E-state index contributed by atoms with van der Waals surface area (Å²) in [5.41, 5.74) is -0.285. The number of hydrogen-bond acceptors (Lipinski definition) is 1. The van der Waals surface area contributed by atoms with Crippen LogP contribution in [0.3, 0.4) is 0 Å². The second-order valence-electron chi connectivity index (χ2n) is 4.43. The van der Waals surface area contributed by atoms with Gasteiger partial charge in [0.15, 0.2) is 0 Å². The van der Waals surface area contributed by atoms with Crippen molar-refractivity contribution in [2.75, 3.05) is 6.54 Å². The molecule has 0 aliphatic carbocycles. The highest BCUT2D eigenvalue weighted by Gasteiger charge is 2.20. The first-order chi connectivity index (χ1) is 5.84. The van der Waals surface area contributed by atoms with Gasteiger partial charge in [0, 0.05) is 17.3 Å². The summed E-state index contributed by atoms with van der Waals surface area (Å²) < 4.78 is 0. The van der Waals surface area contributed by atoms with Crippen LogP contribution in [0, 0.1) is 5.41 Å². The van der Waals surface area contributed by atoms with Crippen molar-refractivity contribution in [3.63, 3.8) is 0 Å². The van der Waals surface area contributed by atoms with E-state index < -0.39 is 0 Å². The normalized spacial score (nSPS) is 13.9. The number of amides is 1. The van der Waals surface area contributed by atoms with Gasteiger partial charge >= 0.3 is 0 Å². The average Bonchev–Trinajstić information content (AvgIpc) is 1.95. The van der Waals surface area contributed by atoms with E-state index in [4.69, 9.17) is 11.6 Å². The maximum atomic E-state index is 11.4. The summed E-state index contributed by atoms with van der Waals surface area (Å²) in [5, 5.41) is 3.08. The molecule has 2 nitrogen and oxygen atoms in total. The van der Waals surface area contributed by atoms with Gasteiger partial charge in [0.2, 0.25) is 5.91 Å². The Morgan fingerprint density at radius 1 is 1.46 bits per heavy atom. The van der Waals surface area contributed by atoms with Gasteiger partial charge in [-0.15, -0.1) is 11.6 Å². The molecule has 0 aromatic carbocycles. The number of carbonyl (C=O) groups is 1. The molecule has 0 rings (SSSR count). The predicted molar refractivity (Wildman–Crippen MR) is 57.0 cm³/mol. The number of hydrogen-bond donors (Lipinski definition) is 1. The molecule has 0 fully saturated rings. The summed E-state index contributed by atoms with van der Waals surface area (Å²) in [4.78, 5) is 11.4. The number of halogens is 1. The van der Waals surface area contributed by atoms with Gasteiger partial charge in [0.05, 0.1) is 0 Å². The molecule has 1 amide bonds. The van der Waals surface area contributed by atoms with Crippen molar-refractivity contribution in [1.82, 2.24) is 5.32 Å². The van der Waals surface area contributed by atoms with E-state index in [2.05, 4.69) is 5.32 Å². The fourth-order valence-electron chi connectivity index (χ4n) is 0.850. The van der Waals surface area contributed by atoms with Crippen LogP contribution in [0.2, 0.25) is 0 Å². The Bertz CT molecular complexity index is 161. The lowest BCUT2D eigenvalue weighted by molar-refractivity contribution is -0.128. The highest BCUT2D eigenvalue weighted by atomic mass is 35.5. The van der Waals surface area contributed by atoms with Crippen LogP contribution in [0.5, 0.6) is 0 Å². The lowest BCUT2D eigenvalue weighted by Crippen LogP contribution is -2.35. The maximum absolute atomic E-state index is 11.4. The van der Waals surface area contributed by atoms with Crippen molar-refractivity contribution in [2.24, 2.45) is 5.41 Å². The first-order valence-corrected chi connectivity index (χ1v) is 5.20. The summed E-state index contributed by atoms with van der Waals surface area (Å²) in [6, 6.07) is 0. The summed E-state index contributed by atoms with van der Waals surface area (Å²) in [6.07, 6.45) is 1.90. The van der Waals surface area contributed by atoms with Crippen molar-refractivity contribution in [3.8, 4) is 0 Å². The third kappa shape index (κ3) is 6.88. The fourth-order valence-corrected chi connectivity index (χ4v) is 1.00. The Kier molecular flexibility index (Phi) is 5.38. The minimum atomic E-state index is -0.285. The zero-order valence-corrected chi connectivity index (χ0v) is 9.74. The van der Waals surface area contributed by atoms with Crippen molar-refractivity contribution in [1.29, 1.82) is 0 Å². The molecule has 1 atom stereocenters. The minimum absolute atomic E-state index is 0.106. The molecule has 0 saturated heterocycles. The number of rotatable bonds is 4. The fraction of sp³-hybridized carbons (Fsp3) is 0.900. The maximum Gasteiger partial charge on any atom is 0.225 e. The van der Waals surface area contributed by atoms with E-state index >= 15 is 0 Å². The van der Waals surface area contributed by atoms with Crippen molar-refractivity contribution < 1.29 is 4.79 Å². The first-order valence-electron chi connectivity index (χ1n) is 4.76. The molecule has 1 N–H and O–H groups in total. The van der Waals surface area contributed by atoms with Gasteiger partial charge in [-0.1, -0.05) is 20.8 Å². The Balaban J connectivity index is 3.49. The lowest BCUT2D eigenvalue weighted by Gasteiger charge is -2.17. The van der Waals surface area contributed by atoms with Crippen molar-refractivity contribution >= 4 is 17.5 Å². The van der Waals surface area contributed by atoms with E-state index in [1.165, 1.54) is 0 Å². The molecule has 0 spiro atoms. The van der Waals surface area contributed by atoms with Crippen LogP contribution in [0.15, 0.2) is 0 Å². The second kappa shape index (κ2) is 5.48. The zero-order valence-electron chi connectivity index (χ0n) is 8.98. The quantitative estimate of drug-likeness (QED) is 0.555. The van der Waals surface area contributed by atoms with Gasteiger partial charge < -0.3 is 5.32 Å². The van der Waals surface area contributed by atoms with Gasteiger partial charge in [-0.25, -0.2) is 0 Å². The van der Waals surface area contributed by atoms with Gasteiger partial charge in [-0.3, -0.25) is 4.79 Å². The highest BCUT2D eigenvalue weighted by molar-refractivity contribution is 6.20. The van der Waals surface area contributed by atoms with E-state index in [0.29, 0.717) is 0 Å². The Morgan fingerprint density at radius 2 is 2.00 bits per heavy atom. The van der Waals surface area contributed by atoms with Gasteiger partial charge in [0.1, 0.15) is 0 Å². The van der Waals surface area contributed by atoms with Crippen LogP contribution in [-0.4, -0.2) is 17.8 Å². The molecule has 0 radical (unpaired) electrons. The molecule has 0 aliphatic rings. The summed E-state index contributed by atoms with van der Waals surface area (Å²) in [6.45, 7) is 8.42. The van der Waals surface area contributed by atoms with Crippen LogP contribution in [0.1, 0.15) is 40.5 Å². The van der Waals surface area contributed by atoms with Gasteiger partial charge in [-0.2, -0.15) is 0 Å².